The molecule has 0 spiro atoms. The van der Waals surface area contributed by atoms with E-state index >= 15 is 0 Å². The van der Waals surface area contributed by atoms with Crippen LogP contribution in [0.3, 0.4) is 0 Å². The molecule has 0 aliphatic carbocycles. The van der Waals surface area contributed by atoms with Gasteiger partial charge >= 0.3 is 0 Å². The molecule has 0 bridgehead atoms. The zero-order valence-corrected chi connectivity index (χ0v) is 11.7. The SMILES string of the molecule is CCN1CCC(n2ccc3ccc(CN)cc32)CC1. The quantitative estimate of drug-likeness (QED) is 0.917. The summed E-state index contributed by atoms with van der Waals surface area (Å²) in [6.07, 6.45) is 4.76. The van der Waals surface area contributed by atoms with Crippen LogP contribution in [0.25, 0.3) is 10.9 Å². The Hall–Kier alpha value is -1.32. The molecule has 102 valence electrons. The lowest BCUT2D eigenvalue weighted by Crippen LogP contribution is -2.34. The van der Waals surface area contributed by atoms with Crippen LogP contribution in [0.5, 0.6) is 0 Å². The highest BCUT2D eigenvalue weighted by Crippen LogP contribution is 2.28. The molecule has 1 aliphatic heterocycles. The molecule has 0 atom stereocenters. The first kappa shape index (κ1) is 12.7. The molecule has 1 aromatic carbocycles. The average Bonchev–Trinajstić information content (AvgIpc) is 2.90. The monoisotopic (exact) mass is 257 g/mol. The molecule has 2 aromatic rings. The van der Waals surface area contributed by atoms with Gasteiger partial charge in [0.05, 0.1) is 0 Å². The standard InChI is InChI=1S/C16H23N3/c1-2-18-8-6-15(7-9-18)19-10-5-14-4-3-13(12-17)11-16(14)19/h3-5,10-11,15H,2,6-9,12,17H2,1H3. The molecule has 1 fully saturated rings. The maximum absolute atomic E-state index is 5.76. The van der Waals surface area contributed by atoms with E-state index in [1.165, 1.54) is 48.9 Å². The molecule has 2 heterocycles. The zero-order chi connectivity index (χ0) is 13.2. The third-order valence-electron chi connectivity index (χ3n) is 4.42. The van der Waals surface area contributed by atoms with E-state index in [1.54, 1.807) is 0 Å². The largest absolute Gasteiger partial charge is 0.344 e. The molecule has 0 amide bonds. The van der Waals surface area contributed by atoms with Crippen molar-refractivity contribution in [2.24, 2.45) is 5.73 Å². The van der Waals surface area contributed by atoms with Crippen molar-refractivity contribution < 1.29 is 0 Å². The van der Waals surface area contributed by atoms with Gasteiger partial charge in [-0.2, -0.15) is 0 Å². The van der Waals surface area contributed by atoms with E-state index in [9.17, 15) is 0 Å². The van der Waals surface area contributed by atoms with E-state index in [2.05, 4.69) is 46.9 Å². The number of rotatable bonds is 3. The van der Waals surface area contributed by atoms with Gasteiger partial charge in [-0.1, -0.05) is 19.1 Å². The molecule has 1 aromatic heterocycles. The first-order valence-corrected chi connectivity index (χ1v) is 7.33. The molecule has 19 heavy (non-hydrogen) atoms. The smallest absolute Gasteiger partial charge is 0.0486 e. The third kappa shape index (κ3) is 2.40. The Bertz CT molecular complexity index is 550. The molecule has 3 heteroatoms. The summed E-state index contributed by atoms with van der Waals surface area (Å²) in [6, 6.07) is 9.44. The number of fused-ring (bicyclic) bond motifs is 1. The van der Waals surface area contributed by atoms with Gasteiger partial charge in [0.15, 0.2) is 0 Å². The predicted molar refractivity (Wildman–Crippen MR) is 80.2 cm³/mol. The summed E-state index contributed by atoms with van der Waals surface area (Å²) in [4.78, 5) is 2.54. The van der Waals surface area contributed by atoms with Crippen LogP contribution in [0, 0.1) is 0 Å². The number of nitrogens with zero attached hydrogens (tertiary/aromatic N) is 2. The first-order chi connectivity index (χ1) is 9.31. The Morgan fingerprint density at radius 2 is 2.00 bits per heavy atom. The van der Waals surface area contributed by atoms with Gasteiger partial charge in [-0.25, -0.2) is 0 Å². The second-order valence-corrected chi connectivity index (χ2v) is 5.49. The normalized spacial score (nSPS) is 18.2. The van der Waals surface area contributed by atoms with E-state index in [0.717, 1.165) is 0 Å². The number of hydrogen-bond acceptors (Lipinski definition) is 2. The molecular weight excluding hydrogens is 234 g/mol. The van der Waals surface area contributed by atoms with Gasteiger partial charge in [-0.15, -0.1) is 0 Å². The van der Waals surface area contributed by atoms with Crippen LogP contribution in [-0.2, 0) is 6.54 Å². The summed E-state index contributed by atoms with van der Waals surface area (Å²) < 4.78 is 2.46. The summed E-state index contributed by atoms with van der Waals surface area (Å²) in [7, 11) is 0. The van der Waals surface area contributed by atoms with Crippen molar-refractivity contribution in [1.82, 2.24) is 9.47 Å². The molecule has 3 nitrogen and oxygen atoms in total. The van der Waals surface area contributed by atoms with Gasteiger partial charge in [0.25, 0.3) is 0 Å². The Morgan fingerprint density at radius 3 is 2.68 bits per heavy atom. The number of aromatic nitrogens is 1. The lowest BCUT2D eigenvalue weighted by molar-refractivity contribution is 0.197. The predicted octanol–water partition coefficient (Wildman–Crippen LogP) is 2.76. The molecular formula is C16H23N3. The van der Waals surface area contributed by atoms with Crippen LogP contribution < -0.4 is 5.73 Å². The highest BCUT2D eigenvalue weighted by atomic mass is 15.1. The molecule has 0 radical (unpaired) electrons. The van der Waals surface area contributed by atoms with Gasteiger partial charge in [0.2, 0.25) is 0 Å². The van der Waals surface area contributed by atoms with E-state index in [-0.39, 0.29) is 0 Å². The number of benzene rings is 1. The van der Waals surface area contributed by atoms with Crippen LogP contribution in [0.1, 0.15) is 31.4 Å². The van der Waals surface area contributed by atoms with Crippen LogP contribution in [0.2, 0.25) is 0 Å². The van der Waals surface area contributed by atoms with Crippen molar-refractivity contribution in [3.05, 3.63) is 36.0 Å². The number of hydrogen-bond donors (Lipinski definition) is 1. The van der Waals surface area contributed by atoms with Crippen LogP contribution in [-0.4, -0.2) is 29.1 Å². The Balaban J connectivity index is 1.88. The summed E-state index contributed by atoms with van der Waals surface area (Å²) in [5.74, 6) is 0. The highest BCUT2D eigenvalue weighted by Gasteiger charge is 2.20. The average molecular weight is 257 g/mol. The first-order valence-electron chi connectivity index (χ1n) is 7.33. The molecule has 1 saturated heterocycles. The van der Waals surface area contributed by atoms with E-state index in [1.807, 2.05) is 0 Å². The lowest BCUT2D eigenvalue weighted by Gasteiger charge is -2.32. The van der Waals surface area contributed by atoms with Crippen molar-refractivity contribution >= 4 is 10.9 Å². The van der Waals surface area contributed by atoms with Gasteiger partial charge in [0.1, 0.15) is 0 Å². The Morgan fingerprint density at radius 1 is 1.21 bits per heavy atom. The van der Waals surface area contributed by atoms with Crippen molar-refractivity contribution in [3.8, 4) is 0 Å². The van der Waals surface area contributed by atoms with Gasteiger partial charge in [0, 0.05) is 37.4 Å². The summed E-state index contributed by atoms with van der Waals surface area (Å²) in [5.41, 5.74) is 8.32. The maximum atomic E-state index is 5.76. The molecule has 2 N–H and O–H groups in total. The van der Waals surface area contributed by atoms with Gasteiger partial charge < -0.3 is 15.2 Å². The van der Waals surface area contributed by atoms with E-state index in [0.29, 0.717) is 12.6 Å². The highest BCUT2D eigenvalue weighted by molar-refractivity contribution is 5.81. The summed E-state index contributed by atoms with van der Waals surface area (Å²) in [5, 5.41) is 1.33. The second kappa shape index (κ2) is 5.35. The summed E-state index contributed by atoms with van der Waals surface area (Å²) in [6.45, 7) is 6.49. The molecule has 0 saturated carbocycles. The topological polar surface area (TPSA) is 34.2 Å². The molecule has 0 unspecified atom stereocenters. The van der Waals surface area contributed by atoms with Gasteiger partial charge in [-0.05, 0) is 42.5 Å². The van der Waals surface area contributed by atoms with Crippen molar-refractivity contribution in [2.45, 2.75) is 32.4 Å². The number of nitrogens with two attached hydrogens (primary N) is 1. The Kier molecular flexibility index (Phi) is 3.58. The minimum atomic E-state index is 0.620. The van der Waals surface area contributed by atoms with Crippen LogP contribution >= 0.6 is 0 Å². The van der Waals surface area contributed by atoms with Crippen LogP contribution in [0.15, 0.2) is 30.5 Å². The summed E-state index contributed by atoms with van der Waals surface area (Å²) >= 11 is 0. The van der Waals surface area contributed by atoms with Crippen LogP contribution in [0.4, 0.5) is 0 Å². The fraction of sp³-hybridized carbons (Fsp3) is 0.500. The fourth-order valence-corrected chi connectivity index (χ4v) is 3.15. The van der Waals surface area contributed by atoms with E-state index < -0.39 is 0 Å². The lowest BCUT2D eigenvalue weighted by atomic mass is 10.0. The van der Waals surface area contributed by atoms with Crippen molar-refractivity contribution in [1.29, 1.82) is 0 Å². The minimum Gasteiger partial charge on any atom is -0.344 e. The van der Waals surface area contributed by atoms with Crippen molar-refractivity contribution in [2.75, 3.05) is 19.6 Å². The number of likely N-dealkylation sites (tertiary alicyclic amines) is 1. The maximum Gasteiger partial charge on any atom is 0.0486 e. The van der Waals surface area contributed by atoms with Crippen molar-refractivity contribution in [3.63, 3.8) is 0 Å². The van der Waals surface area contributed by atoms with E-state index in [4.69, 9.17) is 5.73 Å². The van der Waals surface area contributed by atoms with Gasteiger partial charge in [-0.3, -0.25) is 0 Å². The Labute approximate surface area is 115 Å². The fourth-order valence-electron chi connectivity index (χ4n) is 3.15. The zero-order valence-electron chi connectivity index (χ0n) is 11.7. The minimum absolute atomic E-state index is 0.620. The molecule has 3 rings (SSSR count). The number of piperidine rings is 1. The second-order valence-electron chi connectivity index (χ2n) is 5.49. The molecule has 1 aliphatic rings. The third-order valence-corrected chi connectivity index (χ3v) is 4.42.